The van der Waals surface area contributed by atoms with Crippen molar-refractivity contribution < 1.29 is 9.32 Å². The minimum absolute atomic E-state index is 0.0629. The van der Waals surface area contributed by atoms with Crippen LogP contribution in [-0.4, -0.2) is 44.0 Å². The summed E-state index contributed by atoms with van der Waals surface area (Å²) >= 11 is 0. The number of hydrogen-bond donors (Lipinski definition) is 0. The normalized spacial score (nSPS) is 19.5. The summed E-state index contributed by atoms with van der Waals surface area (Å²) in [5, 5.41) is 11.6. The van der Waals surface area contributed by atoms with E-state index in [-0.39, 0.29) is 11.9 Å². The van der Waals surface area contributed by atoms with Crippen LogP contribution < -0.4 is 0 Å². The average molecular weight is 259 g/mol. The molecule has 1 aliphatic heterocycles. The summed E-state index contributed by atoms with van der Waals surface area (Å²) in [5.74, 6) is 1.26. The first-order valence-corrected chi connectivity index (χ1v) is 6.43. The predicted molar refractivity (Wildman–Crippen MR) is 63.4 cm³/mol. The van der Waals surface area contributed by atoms with Crippen LogP contribution in [0.1, 0.15) is 41.1 Å². The maximum Gasteiger partial charge on any atom is 0.276 e. The summed E-state index contributed by atoms with van der Waals surface area (Å²) in [4.78, 5) is 13.9. The van der Waals surface area contributed by atoms with Crippen molar-refractivity contribution in [3.63, 3.8) is 0 Å². The van der Waals surface area contributed by atoms with Crippen LogP contribution in [0.5, 0.6) is 0 Å². The second-order valence-electron chi connectivity index (χ2n) is 5.14. The summed E-state index contributed by atoms with van der Waals surface area (Å²) in [6.45, 7) is 1.29. The molecule has 19 heavy (non-hydrogen) atoms. The zero-order valence-electron chi connectivity index (χ0n) is 10.3. The Hall–Kier alpha value is -2.18. The molecular weight excluding hydrogens is 246 g/mol. The molecule has 2 aromatic rings. The Kier molecular flexibility index (Phi) is 2.20. The Balaban J connectivity index is 1.41. The smallest absolute Gasteiger partial charge is 0.276 e. The fourth-order valence-corrected chi connectivity index (χ4v) is 2.31. The van der Waals surface area contributed by atoms with E-state index in [4.69, 9.17) is 4.52 Å². The molecule has 4 rings (SSSR count). The first-order chi connectivity index (χ1) is 9.31. The van der Waals surface area contributed by atoms with Gasteiger partial charge in [0.2, 0.25) is 0 Å². The van der Waals surface area contributed by atoms with Gasteiger partial charge in [0, 0.05) is 31.3 Å². The lowest BCUT2D eigenvalue weighted by molar-refractivity contribution is 0.0488. The predicted octanol–water partition coefficient (Wildman–Crippen LogP) is 0.841. The molecule has 2 aliphatic rings. The number of carbonyl (C=O) groups excluding carboxylic acids is 1. The van der Waals surface area contributed by atoms with E-state index < -0.39 is 0 Å². The van der Waals surface area contributed by atoms with Crippen molar-refractivity contribution in [1.82, 2.24) is 25.1 Å². The Morgan fingerprint density at radius 3 is 2.89 bits per heavy atom. The summed E-state index contributed by atoms with van der Waals surface area (Å²) in [6.07, 6.45) is 5.74. The fraction of sp³-hybridized carbons (Fsp3) is 0.500. The van der Waals surface area contributed by atoms with E-state index in [1.54, 1.807) is 21.8 Å². The van der Waals surface area contributed by atoms with Gasteiger partial charge in [0.05, 0.1) is 12.2 Å². The maximum atomic E-state index is 12.2. The molecule has 1 amide bonds. The second-order valence-corrected chi connectivity index (χ2v) is 5.14. The first kappa shape index (κ1) is 10.7. The highest BCUT2D eigenvalue weighted by atomic mass is 16.5. The van der Waals surface area contributed by atoms with E-state index in [1.165, 1.54) is 0 Å². The van der Waals surface area contributed by atoms with Gasteiger partial charge in [-0.3, -0.25) is 4.79 Å². The molecule has 98 valence electrons. The van der Waals surface area contributed by atoms with Gasteiger partial charge in [-0.25, -0.2) is 4.68 Å². The minimum Gasteiger partial charge on any atom is -0.360 e. The molecule has 2 aromatic heterocycles. The quantitative estimate of drug-likeness (QED) is 0.816. The molecule has 0 aromatic carbocycles. The van der Waals surface area contributed by atoms with E-state index in [0.717, 1.165) is 18.6 Å². The van der Waals surface area contributed by atoms with Crippen molar-refractivity contribution >= 4 is 5.91 Å². The highest BCUT2D eigenvalue weighted by Gasteiger charge is 2.35. The van der Waals surface area contributed by atoms with Crippen LogP contribution in [0, 0.1) is 0 Å². The lowest BCUT2D eigenvalue weighted by Gasteiger charge is -2.38. The minimum atomic E-state index is -0.0629. The Morgan fingerprint density at radius 1 is 1.37 bits per heavy atom. The number of hydrogen-bond acceptors (Lipinski definition) is 5. The van der Waals surface area contributed by atoms with E-state index in [9.17, 15) is 4.79 Å². The summed E-state index contributed by atoms with van der Waals surface area (Å²) in [6, 6.07) is 2.00. The summed E-state index contributed by atoms with van der Waals surface area (Å²) in [5.41, 5.74) is 0.416. The number of aromatic nitrogens is 4. The third kappa shape index (κ3) is 1.81. The van der Waals surface area contributed by atoms with Crippen LogP contribution in [0.25, 0.3) is 0 Å². The molecule has 1 saturated heterocycles. The van der Waals surface area contributed by atoms with Gasteiger partial charge in [-0.15, -0.1) is 5.10 Å². The van der Waals surface area contributed by atoms with E-state index >= 15 is 0 Å². The number of carbonyl (C=O) groups is 1. The van der Waals surface area contributed by atoms with Crippen molar-refractivity contribution in [3.05, 3.63) is 29.9 Å². The molecule has 0 unspecified atom stereocenters. The van der Waals surface area contributed by atoms with E-state index in [2.05, 4.69) is 15.5 Å². The van der Waals surface area contributed by atoms with Gasteiger partial charge in [0.15, 0.2) is 5.69 Å². The summed E-state index contributed by atoms with van der Waals surface area (Å²) < 4.78 is 6.98. The van der Waals surface area contributed by atoms with Crippen LogP contribution in [0.15, 0.2) is 23.0 Å². The van der Waals surface area contributed by atoms with Gasteiger partial charge >= 0.3 is 0 Å². The first-order valence-electron chi connectivity index (χ1n) is 6.43. The molecular formula is C12H13N5O2. The largest absolute Gasteiger partial charge is 0.360 e. The van der Waals surface area contributed by atoms with Crippen LogP contribution in [0.4, 0.5) is 0 Å². The van der Waals surface area contributed by atoms with Crippen LogP contribution >= 0.6 is 0 Å². The van der Waals surface area contributed by atoms with Crippen molar-refractivity contribution in [2.24, 2.45) is 0 Å². The standard InChI is InChI=1S/C12H13N5O2/c18-12(10-5-11(19-14-10)8-1-2-8)16-6-9(7-16)17-4-3-13-15-17/h3-5,8-9H,1-2,6-7H2. The van der Waals surface area contributed by atoms with Gasteiger partial charge in [-0.05, 0) is 12.8 Å². The average Bonchev–Trinajstić information content (AvgIpc) is 2.90. The zero-order chi connectivity index (χ0) is 12.8. The topological polar surface area (TPSA) is 77.0 Å². The third-order valence-corrected chi connectivity index (χ3v) is 3.69. The Labute approximate surface area is 109 Å². The monoisotopic (exact) mass is 259 g/mol. The lowest BCUT2D eigenvalue weighted by Crippen LogP contribution is -2.51. The third-order valence-electron chi connectivity index (χ3n) is 3.69. The SMILES string of the molecule is O=C(c1cc(C2CC2)on1)N1CC(n2ccnn2)C1. The molecule has 1 aliphatic carbocycles. The number of rotatable bonds is 3. The molecule has 7 heteroatoms. The van der Waals surface area contributed by atoms with Crippen LogP contribution in [-0.2, 0) is 0 Å². The maximum absolute atomic E-state index is 12.2. The highest BCUT2D eigenvalue weighted by molar-refractivity contribution is 5.92. The Bertz CT molecular complexity index is 595. The van der Waals surface area contributed by atoms with E-state index in [1.807, 2.05) is 6.20 Å². The molecule has 0 radical (unpaired) electrons. The molecule has 0 N–H and O–H groups in total. The number of nitrogens with zero attached hydrogens (tertiary/aromatic N) is 5. The van der Waals surface area contributed by atoms with Gasteiger partial charge in [-0.2, -0.15) is 0 Å². The van der Waals surface area contributed by atoms with Crippen molar-refractivity contribution in [2.75, 3.05) is 13.1 Å². The molecule has 2 fully saturated rings. The van der Waals surface area contributed by atoms with Gasteiger partial charge in [-0.1, -0.05) is 10.4 Å². The highest BCUT2D eigenvalue weighted by Crippen LogP contribution is 2.40. The van der Waals surface area contributed by atoms with E-state index in [0.29, 0.717) is 24.7 Å². The molecule has 0 spiro atoms. The number of amides is 1. The van der Waals surface area contributed by atoms with Crippen molar-refractivity contribution in [1.29, 1.82) is 0 Å². The summed E-state index contributed by atoms with van der Waals surface area (Å²) in [7, 11) is 0. The van der Waals surface area contributed by atoms with Gasteiger partial charge in [0.25, 0.3) is 5.91 Å². The van der Waals surface area contributed by atoms with Crippen molar-refractivity contribution in [3.8, 4) is 0 Å². The lowest BCUT2D eigenvalue weighted by atomic mass is 10.1. The second kappa shape index (κ2) is 3.91. The van der Waals surface area contributed by atoms with Crippen molar-refractivity contribution in [2.45, 2.75) is 24.8 Å². The van der Waals surface area contributed by atoms with Gasteiger partial charge in [0.1, 0.15) is 5.76 Å². The van der Waals surface area contributed by atoms with Gasteiger partial charge < -0.3 is 9.42 Å². The molecule has 3 heterocycles. The molecule has 7 nitrogen and oxygen atoms in total. The zero-order valence-corrected chi connectivity index (χ0v) is 10.3. The van der Waals surface area contributed by atoms with Crippen LogP contribution in [0.2, 0.25) is 0 Å². The fourth-order valence-electron chi connectivity index (χ4n) is 2.31. The van der Waals surface area contributed by atoms with Crippen LogP contribution in [0.3, 0.4) is 0 Å². The number of likely N-dealkylation sites (tertiary alicyclic amines) is 1. The molecule has 0 bridgehead atoms. The molecule has 0 atom stereocenters. The molecule has 1 saturated carbocycles. The Morgan fingerprint density at radius 2 is 2.21 bits per heavy atom.